The van der Waals surface area contributed by atoms with E-state index in [1.165, 1.54) is 18.4 Å². The molecule has 0 bridgehead atoms. The van der Waals surface area contributed by atoms with Crippen molar-refractivity contribution >= 4 is 57.1 Å². The normalized spacial score (nSPS) is 10.3. The molecular weight excluding hydrogens is 396 g/mol. The number of anilines is 2. The molecule has 0 saturated heterocycles. The Morgan fingerprint density at radius 3 is 2.52 bits per heavy atom. The van der Waals surface area contributed by atoms with Gasteiger partial charge in [-0.1, -0.05) is 42.1 Å². The second-order valence-electron chi connectivity index (χ2n) is 5.58. The highest BCUT2D eigenvalue weighted by Gasteiger charge is 2.16. The third-order valence-electron chi connectivity index (χ3n) is 3.59. The maximum absolute atomic E-state index is 11.9. The van der Waals surface area contributed by atoms with Crippen LogP contribution in [0.2, 0.25) is 0 Å². The van der Waals surface area contributed by atoms with Gasteiger partial charge in [0.05, 0.1) is 18.4 Å². The van der Waals surface area contributed by atoms with Gasteiger partial charge in [0.2, 0.25) is 0 Å². The number of hydrogen-bond acceptors (Lipinski definition) is 5. The number of para-hydroxylation sites is 1. The minimum absolute atomic E-state index is 0.385. The predicted molar refractivity (Wildman–Crippen MR) is 117 cm³/mol. The van der Waals surface area contributed by atoms with Crippen molar-refractivity contribution in [2.75, 3.05) is 17.7 Å². The molecule has 27 heavy (non-hydrogen) atoms. The van der Waals surface area contributed by atoms with E-state index in [0.717, 1.165) is 20.4 Å². The molecule has 0 spiro atoms. The number of ether oxygens (including phenoxy) is 1. The van der Waals surface area contributed by atoms with Crippen molar-refractivity contribution in [2.45, 2.75) is 16.7 Å². The number of hydrogen-bond donors (Lipinski definition) is 2. The largest absolute Gasteiger partial charge is 0.465 e. The molecule has 0 unspecified atom stereocenters. The molecule has 0 fully saturated rings. The highest BCUT2D eigenvalue weighted by atomic mass is 32.2. The van der Waals surface area contributed by atoms with E-state index in [1.54, 1.807) is 17.8 Å². The molecule has 0 radical (unpaired) electrons. The summed E-state index contributed by atoms with van der Waals surface area (Å²) in [5.74, 6) is -0.385. The predicted octanol–water partition coefficient (Wildman–Crippen LogP) is 5.80. The summed E-state index contributed by atoms with van der Waals surface area (Å²) in [4.78, 5) is 15.1. The Balaban J connectivity index is 1.75. The van der Waals surface area contributed by atoms with Crippen LogP contribution in [-0.2, 0) is 4.74 Å². The average molecular weight is 415 g/mol. The van der Waals surface area contributed by atoms with Gasteiger partial charge < -0.3 is 15.4 Å². The minimum Gasteiger partial charge on any atom is -0.465 e. The molecule has 7 heteroatoms. The van der Waals surface area contributed by atoms with Crippen molar-refractivity contribution in [2.24, 2.45) is 0 Å². The van der Waals surface area contributed by atoms with Crippen LogP contribution in [0, 0.1) is 6.92 Å². The van der Waals surface area contributed by atoms with Crippen LogP contribution in [0.5, 0.6) is 0 Å². The lowest BCUT2D eigenvalue weighted by Crippen LogP contribution is -2.20. The summed E-state index contributed by atoms with van der Waals surface area (Å²) in [6, 6.07) is 19.9. The van der Waals surface area contributed by atoms with Crippen molar-refractivity contribution in [3.63, 3.8) is 0 Å². The van der Waals surface area contributed by atoms with E-state index in [-0.39, 0.29) is 5.97 Å². The first-order chi connectivity index (χ1) is 13.1. The van der Waals surface area contributed by atoms with Crippen LogP contribution < -0.4 is 10.6 Å². The van der Waals surface area contributed by atoms with Crippen molar-refractivity contribution in [3.8, 4) is 0 Å². The maximum atomic E-state index is 11.9. The quantitative estimate of drug-likeness (QED) is 0.406. The van der Waals surface area contributed by atoms with E-state index in [9.17, 15) is 4.79 Å². The molecule has 0 saturated carbocycles. The second kappa shape index (κ2) is 9.03. The molecule has 3 rings (SSSR count). The SMILES string of the molecule is COC(=O)c1cc(C)sc1NC(=S)Nc1ccccc1Sc1ccccc1. The van der Waals surface area contributed by atoms with Crippen molar-refractivity contribution in [1.29, 1.82) is 0 Å². The van der Waals surface area contributed by atoms with E-state index in [2.05, 4.69) is 22.8 Å². The van der Waals surface area contributed by atoms with Crippen molar-refractivity contribution < 1.29 is 9.53 Å². The number of methoxy groups -OCH3 is 1. The van der Waals surface area contributed by atoms with Crippen LogP contribution in [0.3, 0.4) is 0 Å². The fraction of sp³-hybridized carbons (Fsp3) is 0.100. The lowest BCUT2D eigenvalue weighted by atomic mass is 10.3. The summed E-state index contributed by atoms with van der Waals surface area (Å²) >= 11 is 8.57. The lowest BCUT2D eigenvalue weighted by Gasteiger charge is -2.13. The second-order valence-corrected chi connectivity index (χ2v) is 8.36. The molecule has 0 atom stereocenters. The minimum atomic E-state index is -0.385. The van der Waals surface area contributed by atoms with E-state index in [1.807, 2.05) is 49.4 Å². The zero-order valence-electron chi connectivity index (χ0n) is 14.8. The highest BCUT2D eigenvalue weighted by molar-refractivity contribution is 7.99. The fourth-order valence-electron chi connectivity index (χ4n) is 2.40. The number of carbonyl (C=O) groups is 1. The summed E-state index contributed by atoms with van der Waals surface area (Å²) in [6.45, 7) is 1.94. The fourth-order valence-corrected chi connectivity index (χ4v) is 4.50. The number of esters is 1. The molecule has 2 N–H and O–H groups in total. The van der Waals surface area contributed by atoms with Crippen LogP contribution in [0.1, 0.15) is 15.2 Å². The van der Waals surface area contributed by atoms with Gasteiger partial charge in [-0.2, -0.15) is 0 Å². The molecule has 0 aliphatic heterocycles. The lowest BCUT2D eigenvalue weighted by molar-refractivity contribution is 0.0602. The van der Waals surface area contributed by atoms with E-state index in [4.69, 9.17) is 17.0 Å². The smallest absolute Gasteiger partial charge is 0.340 e. The number of thiophene rings is 1. The number of benzene rings is 2. The van der Waals surface area contributed by atoms with E-state index >= 15 is 0 Å². The van der Waals surface area contributed by atoms with E-state index < -0.39 is 0 Å². The Hall–Kier alpha value is -2.35. The topological polar surface area (TPSA) is 50.4 Å². The van der Waals surface area contributed by atoms with Gasteiger partial charge in [-0.15, -0.1) is 11.3 Å². The summed E-state index contributed by atoms with van der Waals surface area (Å²) in [5.41, 5.74) is 1.38. The molecule has 0 aliphatic rings. The molecular formula is C20H18N2O2S3. The molecule has 1 heterocycles. The van der Waals surface area contributed by atoms with Gasteiger partial charge in [-0.25, -0.2) is 4.79 Å². The number of thiocarbonyl (C=S) groups is 1. The summed E-state index contributed by atoms with van der Waals surface area (Å²) in [6.07, 6.45) is 0. The maximum Gasteiger partial charge on any atom is 0.340 e. The molecule has 4 nitrogen and oxygen atoms in total. The standard InChI is InChI=1S/C20H18N2O2S3/c1-13-12-15(19(23)24-2)18(26-13)22-20(25)21-16-10-6-7-11-17(16)27-14-8-4-3-5-9-14/h3-12H,1-2H3,(H2,21,22,25). The van der Waals surface area contributed by atoms with Crippen LogP contribution in [0.15, 0.2) is 70.5 Å². The third-order valence-corrected chi connectivity index (χ3v) is 5.85. The summed E-state index contributed by atoms with van der Waals surface area (Å²) in [5, 5.41) is 7.43. The highest BCUT2D eigenvalue weighted by Crippen LogP contribution is 2.33. The Morgan fingerprint density at radius 1 is 1.07 bits per heavy atom. The molecule has 138 valence electrons. The van der Waals surface area contributed by atoms with Gasteiger partial charge >= 0.3 is 5.97 Å². The first kappa shape index (κ1) is 19.4. The van der Waals surface area contributed by atoms with Gasteiger partial charge in [-0.05, 0) is 49.5 Å². The van der Waals surface area contributed by atoms with E-state index in [0.29, 0.717) is 15.7 Å². The molecule has 1 aromatic heterocycles. The number of carbonyl (C=O) groups excluding carboxylic acids is 1. The van der Waals surface area contributed by atoms with Gasteiger partial charge in [0.25, 0.3) is 0 Å². The van der Waals surface area contributed by atoms with Gasteiger partial charge in [0.15, 0.2) is 5.11 Å². The Morgan fingerprint density at radius 2 is 1.78 bits per heavy atom. The van der Waals surface area contributed by atoms with Crippen LogP contribution in [0.25, 0.3) is 0 Å². The number of rotatable bonds is 5. The molecule has 0 aliphatic carbocycles. The van der Waals surface area contributed by atoms with Crippen molar-refractivity contribution in [1.82, 2.24) is 0 Å². The van der Waals surface area contributed by atoms with Crippen LogP contribution >= 0.6 is 35.3 Å². The monoisotopic (exact) mass is 414 g/mol. The molecule has 2 aromatic carbocycles. The van der Waals surface area contributed by atoms with Crippen molar-refractivity contribution in [3.05, 3.63) is 71.1 Å². The van der Waals surface area contributed by atoms with Crippen LogP contribution in [0.4, 0.5) is 10.7 Å². The Bertz CT molecular complexity index is 955. The Labute approximate surface area is 172 Å². The third kappa shape index (κ3) is 5.09. The van der Waals surface area contributed by atoms with Crippen LogP contribution in [-0.4, -0.2) is 18.2 Å². The van der Waals surface area contributed by atoms with Gasteiger partial charge in [-0.3, -0.25) is 0 Å². The summed E-state index contributed by atoms with van der Waals surface area (Å²) < 4.78 is 4.84. The summed E-state index contributed by atoms with van der Waals surface area (Å²) in [7, 11) is 1.37. The number of nitrogens with one attached hydrogen (secondary N) is 2. The first-order valence-electron chi connectivity index (χ1n) is 8.15. The average Bonchev–Trinajstić information content (AvgIpc) is 3.03. The molecule has 3 aromatic rings. The Kier molecular flexibility index (Phi) is 6.49. The number of aryl methyl sites for hydroxylation is 1. The van der Waals surface area contributed by atoms with Gasteiger partial charge in [0.1, 0.15) is 5.00 Å². The first-order valence-corrected chi connectivity index (χ1v) is 10.2. The van der Waals surface area contributed by atoms with Gasteiger partial charge in [0, 0.05) is 14.7 Å². The zero-order valence-corrected chi connectivity index (χ0v) is 17.3. The zero-order chi connectivity index (χ0) is 19.2. The molecule has 0 amide bonds.